The highest BCUT2D eigenvalue weighted by Crippen LogP contribution is 2.38. The lowest BCUT2D eigenvalue weighted by atomic mass is 9.73. The van der Waals surface area contributed by atoms with Crippen LogP contribution >= 0.6 is 0 Å². The Morgan fingerprint density at radius 3 is 2.50 bits per heavy atom. The van der Waals surface area contributed by atoms with Crippen LogP contribution < -0.4 is 5.32 Å². The lowest BCUT2D eigenvalue weighted by Gasteiger charge is -2.43. The van der Waals surface area contributed by atoms with Crippen LogP contribution in [0.4, 0.5) is 0 Å². The number of hydrogen-bond donors (Lipinski definition) is 1. The van der Waals surface area contributed by atoms with Gasteiger partial charge < -0.3 is 5.32 Å². The van der Waals surface area contributed by atoms with Gasteiger partial charge in [0.1, 0.15) is 0 Å². The molecule has 0 saturated heterocycles. The Hall–Kier alpha value is -0.0900. The maximum Gasteiger partial charge on any atom is 0.151 e. The lowest BCUT2D eigenvalue weighted by Crippen LogP contribution is -2.55. The van der Waals surface area contributed by atoms with Gasteiger partial charge in [0.25, 0.3) is 0 Å². The average molecular weight is 247 g/mol. The van der Waals surface area contributed by atoms with Crippen LogP contribution in [-0.4, -0.2) is 32.5 Å². The maximum atomic E-state index is 11.8. The van der Waals surface area contributed by atoms with Crippen molar-refractivity contribution in [2.75, 3.05) is 12.8 Å². The summed E-state index contributed by atoms with van der Waals surface area (Å²) in [5.74, 6) is 0. The van der Waals surface area contributed by atoms with Crippen LogP contribution in [0.2, 0.25) is 0 Å². The Labute approximate surface area is 99.9 Å². The molecule has 16 heavy (non-hydrogen) atoms. The molecule has 1 N–H and O–H groups in total. The number of nitrogens with one attached hydrogen (secondary N) is 1. The molecule has 1 fully saturated rings. The fourth-order valence-electron chi connectivity index (χ4n) is 2.75. The molecule has 2 atom stereocenters. The van der Waals surface area contributed by atoms with Gasteiger partial charge in [-0.2, -0.15) is 0 Å². The molecular formula is C12H25NO2S. The van der Waals surface area contributed by atoms with E-state index in [0.29, 0.717) is 0 Å². The minimum atomic E-state index is -2.94. The zero-order valence-electron chi connectivity index (χ0n) is 10.9. The quantitative estimate of drug-likeness (QED) is 0.826. The van der Waals surface area contributed by atoms with Crippen molar-refractivity contribution in [2.24, 2.45) is 5.41 Å². The second-order valence-electron chi connectivity index (χ2n) is 5.68. The number of hydrogen-bond acceptors (Lipinski definition) is 3. The van der Waals surface area contributed by atoms with Crippen molar-refractivity contribution in [1.29, 1.82) is 0 Å². The lowest BCUT2D eigenvalue weighted by molar-refractivity contribution is 0.171. The van der Waals surface area contributed by atoms with E-state index in [0.717, 1.165) is 32.2 Å². The third-order valence-electron chi connectivity index (χ3n) is 3.69. The summed E-state index contributed by atoms with van der Waals surface area (Å²) in [4.78, 5) is 0. The predicted octanol–water partition coefficient (Wildman–Crippen LogP) is 1.98. The smallest absolute Gasteiger partial charge is 0.151 e. The van der Waals surface area contributed by atoms with Crippen molar-refractivity contribution in [3.8, 4) is 0 Å². The van der Waals surface area contributed by atoms with Crippen LogP contribution in [0.25, 0.3) is 0 Å². The molecule has 0 aromatic heterocycles. The average Bonchev–Trinajstić information content (AvgIpc) is 2.13. The zero-order chi connectivity index (χ0) is 12.4. The molecule has 0 bridgehead atoms. The van der Waals surface area contributed by atoms with Crippen molar-refractivity contribution >= 4 is 9.84 Å². The van der Waals surface area contributed by atoms with Gasteiger partial charge in [-0.05, 0) is 31.2 Å². The highest BCUT2D eigenvalue weighted by Gasteiger charge is 2.42. The Balaban J connectivity index is 2.88. The molecule has 0 heterocycles. The van der Waals surface area contributed by atoms with Gasteiger partial charge in [0.2, 0.25) is 0 Å². The van der Waals surface area contributed by atoms with Crippen LogP contribution in [0.15, 0.2) is 0 Å². The second-order valence-corrected chi connectivity index (χ2v) is 7.95. The first kappa shape index (κ1) is 14.0. The highest BCUT2D eigenvalue weighted by molar-refractivity contribution is 7.91. The van der Waals surface area contributed by atoms with E-state index in [1.807, 2.05) is 0 Å². The van der Waals surface area contributed by atoms with E-state index in [-0.39, 0.29) is 16.7 Å². The summed E-state index contributed by atoms with van der Waals surface area (Å²) in [6, 6.07) is 0.108. The second kappa shape index (κ2) is 5.05. The number of sulfone groups is 1. The van der Waals surface area contributed by atoms with Crippen LogP contribution in [-0.2, 0) is 9.84 Å². The van der Waals surface area contributed by atoms with E-state index in [1.165, 1.54) is 6.26 Å². The van der Waals surface area contributed by atoms with Crippen molar-refractivity contribution < 1.29 is 8.42 Å². The van der Waals surface area contributed by atoms with Crippen LogP contribution in [0, 0.1) is 5.41 Å². The van der Waals surface area contributed by atoms with Gasteiger partial charge in [0, 0.05) is 12.3 Å². The van der Waals surface area contributed by atoms with E-state index >= 15 is 0 Å². The molecule has 1 aliphatic rings. The Bertz CT molecular complexity index is 322. The van der Waals surface area contributed by atoms with E-state index in [9.17, 15) is 8.42 Å². The Morgan fingerprint density at radius 1 is 1.38 bits per heavy atom. The first-order valence-corrected chi connectivity index (χ1v) is 8.16. The first-order chi connectivity index (χ1) is 7.29. The summed E-state index contributed by atoms with van der Waals surface area (Å²) < 4.78 is 23.6. The zero-order valence-corrected chi connectivity index (χ0v) is 11.7. The molecule has 0 aliphatic heterocycles. The van der Waals surface area contributed by atoms with Crippen molar-refractivity contribution in [1.82, 2.24) is 5.32 Å². The Kier molecular flexibility index (Phi) is 4.41. The van der Waals surface area contributed by atoms with Crippen LogP contribution in [0.3, 0.4) is 0 Å². The predicted molar refractivity (Wildman–Crippen MR) is 68.3 cm³/mol. The largest absolute Gasteiger partial charge is 0.312 e. The van der Waals surface area contributed by atoms with Crippen LogP contribution in [0.1, 0.15) is 46.5 Å². The standard InChI is InChI=1S/C12H25NO2S/c1-5-9-13-11-10(16(4,14)15)7-6-8-12(11,2)3/h10-11,13H,5-9H2,1-4H3. The molecule has 0 aromatic carbocycles. The van der Waals surface area contributed by atoms with Gasteiger partial charge in [-0.3, -0.25) is 0 Å². The molecule has 0 radical (unpaired) electrons. The van der Waals surface area contributed by atoms with Crippen molar-refractivity contribution in [2.45, 2.75) is 57.7 Å². The van der Waals surface area contributed by atoms with E-state index in [2.05, 4.69) is 26.1 Å². The number of rotatable bonds is 4. The van der Waals surface area contributed by atoms with E-state index in [4.69, 9.17) is 0 Å². The highest BCUT2D eigenvalue weighted by atomic mass is 32.2. The molecule has 2 unspecified atom stereocenters. The molecule has 0 amide bonds. The maximum absolute atomic E-state index is 11.8. The van der Waals surface area contributed by atoms with E-state index in [1.54, 1.807) is 0 Å². The minimum Gasteiger partial charge on any atom is -0.312 e. The Morgan fingerprint density at radius 2 is 2.00 bits per heavy atom. The fraction of sp³-hybridized carbons (Fsp3) is 1.00. The summed E-state index contributed by atoms with van der Waals surface area (Å²) in [6.45, 7) is 7.37. The van der Waals surface area contributed by atoms with Gasteiger partial charge in [0.05, 0.1) is 5.25 Å². The van der Waals surface area contributed by atoms with Crippen molar-refractivity contribution in [3.63, 3.8) is 0 Å². The third-order valence-corrected chi connectivity index (χ3v) is 5.30. The van der Waals surface area contributed by atoms with Gasteiger partial charge in [-0.1, -0.05) is 27.2 Å². The molecule has 3 nitrogen and oxygen atoms in total. The third kappa shape index (κ3) is 3.20. The van der Waals surface area contributed by atoms with Crippen molar-refractivity contribution in [3.05, 3.63) is 0 Å². The molecular weight excluding hydrogens is 222 g/mol. The summed E-state index contributed by atoms with van der Waals surface area (Å²) in [6.07, 6.45) is 5.36. The van der Waals surface area contributed by atoms with E-state index < -0.39 is 9.84 Å². The van der Waals surface area contributed by atoms with Crippen LogP contribution in [0.5, 0.6) is 0 Å². The molecule has 1 rings (SSSR count). The van der Waals surface area contributed by atoms with Gasteiger partial charge in [0.15, 0.2) is 9.84 Å². The SMILES string of the molecule is CCCNC1C(S(C)(=O)=O)CCCC1(C)C. The summed E-state index contributed by atoms with van der Waals surface area (Å²) in [5.41, 5.74) is 0.0845. The molecule has 0 aromatic rings. The molecule has 0 spiro atoms. The fourth-order valence-corrected chi connectivity index (χ4v) is 4.31. The van der Waals surface area contributed by atoms with Gasteiger partial charge in [-0.15, -0.1) is 0 Å². The molecule has 96 valence electrons. The summed E-state index contributed by atoms with van der Waals surface area (Å²) >= 11 is 0. The minimum absolute atomic E-state index is 0.0845. The molecule has 1 aliphatic carbocycles. The monoisotopic (exact) mass is 247 g/mol. The molecule has 1 saturated carbocycles. The normalized spacial score (nSPS) is 30.2. The first-order valence-electron chi connectivity index (χ1n) is 6.21. The summed E-state index contributed by atoms with van der Waals surface area (Å²) in [5, 5.41) is 3.23. The van der Waals surface area contributed by atoms with Gasteiger partial charge >= 0.3 is 0 Å². The topological polar surface area (TPSA) is 46.2 Å². The molecule has 4 heteroatoms. The van der Waals surface area contributed by atoms with Gasteiger partial charge in [-0.25, -0.2) is 8.42 Å². The summed E-state index contributed by atoms with van der Waals surface area (Å²) in [7, 11) is -2.94.